The maximum absolute atomic E-state index is 11.9. The number of furan rings is 1. The van der Waals surface area contributed by atoms with E-state index in [2.05, 4.69) is 5.32 Å². The summed E-state index contributed by atoms with van der Waals surface area (Å²) in [7, 11) is 0. The Labute approximate surface area is 149 Å². The van der Waals surface area contributed by atoms with Crippen LogP contribution in [0.3, 0.4) is 0 Å². The number of amides is 1. The van der Waals surface area contributed by atoms with E-state index in [0.29, 0.717) is 17.1 Å². The summed E-state index contributed by atoms with van der Waals surface area (Å²) in [5, 5.41) is 14.4. The number of benzene rings is 1. The lowest BCUT2D eigenvalue weighted by molar-refractivity contribution is -0.384. The van der Waals surface area contributed by atoms with E-state index in [9.17, 15) is 14.9 Å². The van der Waals surface area contributed by atoms with Gasteiger partial charge in [0.15, 0.2) is 0 Å². The maximum Gasteiger partial charge on any atom is 0.281 e. The lowest BCUT2D eigenvalue weighted by Gasteiger charge is -2.08. The molecular weight excluding hydrogens is 344 g/mol. The van der Waals surface area contributed by atoms with Gasteiger partial charge >= 0.3 is 0 Å². The lowest BCUT2D eigenvalue weighted by atomic mass is 10.1. The van der Waals surface area contributed by atoms with E-state index < -0.39 is 4.92 Å². The summed E-state index contributed by atoms with van der Waals surface area (Å²) >= 11 is 5.82. The van der Waals surface area contributed by atoms with Gasteiger partial charge in [0.05, 0.1) is 10.5 Å². The Bertz CT molecular complexity index is 822. The first-order valence-electron chi connectivity index (χ1n) is 8.05. The average molecular weight is 361 g/mol. The van der Waals surface area contributed by atoms with Crippen molar-refractivity contribution in [2.45, 2.75) is 31.7 Å². The average Bonchev–Trinajstić information content (AvgIpc) is 3.24. The number of rotatable bonds is 5. The standard InChI is InChI=1S/C18H17ClN2O4/c19-12-5-8-15(16(11-12)21(23)24)17-9-6-14(25-17)7-10-18(22)20-13-3-1-2-4-13/h5-11,13H,1-4H2,(H,20,22)/b10-7+. The summed E-state index contributed by atoms with van der Waals surface area (Å²) in [6.45, 7) is 0. The van der Waals surface area contributed by atoms with Crippen LogP contribution in [0.15, 0.2) is 40.8 Å². The first-order chi connectivity index (χ1) is 12.0. The highest BCUT2D eigenvalue weighted by molar-refractivity contribution is 6.30. The molecule has 0 bridgehead atoms. The summed E-state index contributed by atoms with van der Waals surface area (Å²) in [5.74, 6) is 0.627. The van der Waals surface area contributed by atoms with Gasteiger partial charge in [-0.1, -0.05) is 24.4 Å². The molecule has 1 fully saturated rings. The first kappa shape index (κ1) is 17.2. The van der Waals surface area contributed by atoms with Crippen LogP contribution in [0.4, 0.5) is 5.69 Å². The molecule has 0 unspecified atom stereocenters. The molecule has 2 aromatic rings. The summed E-state index contributed by atoms with van der Waals surface area (Å²) in [6, 6.07) is 7.93. The molecule has 1 saturated carbocycles. The molecule has 1 aliphatic rings. The highest BCUT2D eigenvalue weighted by atomic mass is 35.5. The molecule has 6 nitrogen and oxygen atoms in total. The van der Waals surface area contributed by atoms with Crippen LogP contribution in [-0.2, 0) is 4.79 Å². The second-order valence-corrected chi connectivity index (χ2v) is 6.38. The Hall–Kier alpha value is -2.60. The van der Waals surface area contributed by atoms with Gasteiger partial charge in [-0.25, -0.2) is 0 Å². The number of hydrogen-bond donors (Lipinski definition) is 1. The highest BCUT2D eigenvalue weighted by Crippen LogP contribution is 2.33. The number of carbonyl (C=O) groups is 1. The molecule has 0 aliphatic heterocycles. The van der Waals surface area contributed by atoms with E-state index in [1.807, 2.05) is 0 Å². The smallest absolute Gasteiger partial charge is 0.281 e. The fourth-order valence-corrected chi connectivity index (χ4v) is 3.09. The Balaban J connectivity index is 1.73. The third kappa shape index (κ3) is 4.28. The zero-order valence-corrected chi connectivity index (χ0v) is 14.2. The second-order valence-electron chi connectivity index (χ2n) is 5.94. The number of halogens is 1. The highest BCUT2D eigenvalue weighted by Gasteiger charge is 2.19. The van der Waals surface area contributed by atoms with Crippen molar-refractivity contribution >= 4 is 29.3 Å². The fraction of sp³-hybridized carbons (Fsp3) is 0.278. The van der Waals surface area contributed by atoms with Gasteiger partial charge in [0.25, 0.3) is 5.69 Å². The van der Waals surface area contributed by atoms with E-state index in [4.69, 9.17) is 16.0 Å². The van der Waals surface area contributed by atoms with Crippen molar-refractivity contribution in [3.05, 3.63) is 57.3 Å². The molecule has 1 N–H and O–H groups in total. The van der Waals surface area contributed by atoms with E-state index in [-0.39, 0.29) is 22.7 Å². The van der Waals surface area contributed by atoms with E-state index in [1.54, 1.807) is 30.3 Å². The van der Waals surface area contributed by atoms with Gasteiger partial charge in [-0.2, -0.15) is 0 Å². The molecule has 0 saturated heterocycles. The Morgan fingerprint density at radius 1 is 1.28 bits per heavy atom. The second kappa shape index (κ2) is 7.53. The van der Waals surface area contributed by atoms with Crippen molar-refractivity contribution in [1.29, 1.82) is 0 Å². The Kier molecular flexibility index (Phi) is 5.19. The predicted octanol–water partition coefficient (Wildman–Crippen LogP) is 4.58. The molecule has 1 heterocycles. The molecule has 1 aromatic heterocycles. The van der Waals surface area contributed by atoms with Crippen molar-refractivity contribution in [2.24, 2.45) is 0 Å². The topological polar surface area (TPSA) is 85.4 Å². The SMILES string of the molecule is O=C(/C=C/c1ccc(-c2ccc(Cl)cc2[N+](=O)[O-])o1)NC1CCCC1. The number of nitro benzene ring substituents is 1. The fourth-order valence-electron chi connectivity index (χ4n) is 2.93. The number of nitrogens with one attached hydrogen (secondary N) is 1. The molecule has 0 spiro atoms. The minimum absolute atomic E-state index is 0.128. The molecule has 1 aromatic carbocycles. The number of nitrogens with zero attached hydrogens (tertiary/aromatic N) is 1. The molecule has 1 amide bonds. The lowest BCUT2D eigenvalue weighted by Crippen LogP contribution is -2.30. The van der Waals surface area contributed by atoms with Crippen molar-refractivity contribution in [2.75, 3.05) is 0 Å². The van der Waals surface area contributed by atoms with Gasteiger partial charge in [0.2, 0.25) is 5.91 Å². The van der Waals surface area contributed by atoms with Crippen LogP contribution in [0.25, 0.3) is 17.4 Å². The van der Waals surface area contributed by atoms with Crippen LogP contribution < -0.4 is 5.32 Å². The summed E-state index contributed by atoms with van der Waals surface area (Å²) in [4.78, 5) is 22.6. The first-order valence-corrected chi connectivity index (χ1v) is 8.43. The van der Waals surface area contributed by atoms with Crippen molar-refractivity contribution in [1.82, 2.24) is 5.32 Å². The zero-order valence-electron chi connectivity index (χ0n) is 13.4. The molecule has 0 radical (unpaired) electrons. The third-order valence-corrected chi connectivity index (χ3v) is 4.38. The zero-order chi connectivity index (χ0) is 17.8. The van der Waals surface area contributed by atoms with Gasteiger partial charge in [-0.3, -0.25) is 14.9 Å². The molecular formula is C18H17ClN2O4. The number of hydrogen-bond acceptors (Lipinski definition) is 4. The number of carbonyl (C=O) groups excluding carboxylic acids is 1. The predicted molar refractivity (Wildman–Crippen MR) is 95.2 cm³/mol. The van der Waals surface area contributed by atoms with Crippen molar-refractivity contribution in [3.63, 3.8) is 0 Å². The number of nitro groups is 1. The molecule has 3 rings (SSSR count). The third-order valence-electron chi connectivity index (χ3n) is 4.15. The molecule has 130 valence electrons. The van der Waals surface area contributed by atoms with Crippen molar-refractivity contribution < 1.29 is 14.1 Å². The van der Waals surface area contributed by atoms with Gasteiger partial charge in [0.1, 0.15) is 11.5 Å². The van der Waals surface area contributed by atoms with E-state index in [1.165, 1.54) is 12.1 Å². The molecule has 0 atom stereocenters. The van der Waals surface area contributed by atoms with E-state index in [0.717, 1.165) is 25.7 Å². The minimum atomic E-state index is -0.506. The maximum atomic E-state index is 11.9. The van der Waals surface area contributed by atoms with Gasteiger partial charge < -0.3 is 9.73 Å². The van der Waals surface area contributed by atoms with Gasteiger partial charge in [0, 0.05) is 23.2 Å². The van der Waals surface area contributed by atoms with Gasteiger partial charge in [-0.15, -0.1) is 0 Å². The van der Waals surface area contributed by atoms with Crippen LogP contribution in [0.2, 0.25) is 5.02 Å². The van der Waals surface area contributed by atoms with Crippen LogP contribution in [-0.4, -0.2) is 16.9 Å². The minimum Gasteiger partial charge on any atom is -0.456 e. The quantitative estimate of drug-likeness (QED) is 0.480. The molecule has 25 heavy (non-hydrogen) atoms. The summed E-state index contributed by atoms with van der Waals surface area (Å²) in [5.41, 5.74) is 0.209. The van der Waals surface area contributed by atoms with Gasteiger partial charge in [-0.05, 0) is 43.2 Å². The monoisotopic (exact) mass is 360 g/mol. The van der Waals surface area contributed by atoms with Crippen LogP contribution in [0, 0.1) is 10.1 Å². The Morgan fingerprint density at radius 3 is 2.76 bits per heavy atom. The van der Waals surface area contributed by atoms with E-state index >= 15 is 0 Å². The molecule has 7 heteroatoms. The normalized spacial score (nSPS) is 14.9. The van der Waals surface area contributed by atoms with Crippen LogP contribution in [0.5, 0.6) is 0 Å². The van der Waals surface area contributed by atoms with Crippen LogP contribution >= 0.6 is 11.6 Å². The Morgan fingerprint density at radius 2 is 2.04 bits per heavy atom. The summed E-state index contributed by atoms with van der Waals surface area (Å²) < 4.78 is 5.61. The molecule has 1 aliphatic carbocycles. The van der Waals surface area contributed by atoms with Crippen molar-refractivity contribution in [3.8, 4) is 11.3 Å². The largest absolute Gasteiger partial charge is 0.456 e. The summed E-state index contributed by atoms with van der Waals surface area (Å²) in [6.07, 6.45) is 7.30. The van der Waals surface area contributed by atoms with Crippen LogP contribution in [0.1, 0.15) is 31.4 Å².